The molecule has 0 heterocycles. The first-order chi connectivity index (χ1) is 8.79. The molecular formula is C12H13F3O4. The molecule has 0 spiro atoms. The summed E-state index contributed by atoms with van der Waals surface area (Å²) in [6, 6.07) is 4.31. The maximum Gasteiger partial charge on any atom is 0.411 e. The van der Waals surface area contributed by atoms with Crippen LogP contribution in [0.25, 0.3) is 0 Å². The van der Waals surface area contributed by atoms with Crippen LogP contribution in [0.2, 0.25) is 0 Å². The lowest BCUT2D eigenvalue weighted by Gasteiger charge is -2.11. The Kier molecular flexibility index (Phi) is 5.17. The van der Waals surface area contributed by atoms with Gasteiger partial charge in [-0.15, -0.1) is 0 Å². The average molecular weight is 278 g/mol. The van der Waals surface area contributed by atoms with Crippen molar-refractivity contribution in [3.63, 3.8) is 0 Å². The highest BCUT2D eigenvalue weighted by molar-refractivity contribution is 5.88. The van der Waals surface area contributed by atoms with Crippen LogP contribution in [0.1, 0.15) is 15.9 Å². The largest absolute Gasteiger partial charge is 0.491 e. The molecule has 4 nitrogen and oxygen atoms in total. The van der Waals surface area contributed by atoms with E-state index in [0.717, 1.165) is 0 Å². The van der Waals surface area contributed by atoms with Gasteiger partial charge < -0.3 is 14.6 Å². The van der Waals surface area contributed by atoms with Crippen LogP contribution < -0.4 is 4.74 Å². The quantitative estimate of drug-likeness (QED) is 0.813. The first-order valence-electron chi connectivity index (χ1n) is 5.41. The van der Waals surface area contributed by atoms with E-state index in [1.165, 1.54) is 12.1 Å². The fourth-order valence-corrected chi connectivity index (χ4v) is 1.29. The number of hydrogen-bond donors (Lipinski definition) is 1. The number of carboxylic acid groups (broad SMARTS) is 1. The van der Waals surface area contributed by atoms with Crippen molar-refractivity contribution in [2.24, 2.45) is 0 Å². The normalized spacial score (nSPS) is 11.4. The predicted molar refractivity (Wildman–Crippen MR) is 60.5 cm³/mol. The number of aromatic carboxylic acids is 1. The molecule has 0 aromatic heterocycles. The molecule has 0 atom stereocenters. The highest BCUT2D eigenvalue weighted by Gasteiger charge is 2.27. The SMILES string of the molecule is Cc1ccc(C(=O)O)cc1OCCOCC(F)(F)F. The molecule has 1 aromatic rings. The van der Waals surface area contributed by atoms with E-state index in [-0.39, 0.29) is 18.8 Å². The smallest absolute Gasteiger partial charge is 0.411 e. The summed E-state index contributed by atoms with van der Waals surface area (Å²) in [4.78, 5) is 10.7. The monoisotopic (exact) mass is 278 g/mol. The van der Waals surface area contributed by atoms with Crippen molar-refractivity contribution in [1.82, 2.24) is 0 Å². The lowest BCUT2D eigenvalue weighted by atomic mass is 10.1. The van der Waals surface area contributed by atoms with Crippen LogP contribution in [-0.4, -0.2) is 37.1 Å². The zero-order valence-corrected chi connectivity index (χ0v) is 10.2. The summed E-state index contributed by atoms with van der Waals surface area (Å²) < 4.78 is 44.9. The van der Waals surface area contributed by atoms with Gasteiger partial charge in [-0.05, 0) is 24.6 Å². The number of hydrogen-bond acceptors (Lipinski definition) is 3. The molecule has 1 aromatic carbocycles. The van der Waals surface area contributed by atoms with Gasteiger partial charge in [0.25, 0.3) is 0 Å². The minimum Gasteiger partial charge on any atom is -0.491 e. The van der Waals surface area contributed by atoms with E-state index in [1.54, 1.807) is 13.0 Å². The van der Waals surface area contributed by atoms with Gasteiger partial charge in [0.1, 0.15) is 19.0 Å². The fourth-order valence-electron chi connectivity index (χ4n) is 1.29. The Morgan fingerprint density at radius 2 is 2.00 bits per heavy atom. The van der Waals surface area contributed by atoms with Crippen molar-refractivity contribution in [2.75, 3.05) is 19.8 Å². The van der Waals surface area contributed by atoms with Gasteiger partial charge in [0.05, 0.1) is 12.2 Å². The van der Waals surface area contributed by atoms with Gasteiger partial charge in [0, 0.05) is 0 Å². The number of alkyl halides is 3. The fraction of sp³-hybridized carbons (Fsp3) is 0.417. The van der Waals surface area contributed by atoms with Crippen molar-refractivity contribution in [3.05, 3.63) is 29.3 Å². The van der Waals surface area contributed by atoms with Gasteiger partial charge in [0.2, 0.25) is 0 Å². The van der Waals surface area contributed by atoms with Crippen LogP contribution in [0.5, 0.6) is 5.75 Å². The van der Waals surface area contributed by atoms with Crippen LogP contribution >= 0.6 is 0 Å². The molecule has 0 aliphatic heterocycles. The number of ether oxygens (including phenoxy) is 2. The number of benzene rings is 1. The molecule has 106 valence electrons. The highest BCUT2D eigenvalue weighted by atomic mass is 19.4. The number of halogens is 3. The van der Waals surface area contributed by atoms with Gasteiger partial charge in [-0.1, -0.05) is 6.07 Å². The summed E-state index contributed by atoms with van der Waals surface area (Å²) in [7, 11) is 0. The molecule has 1 rings (SSSR count). The van der Waals surface area contributed by atoms with Crippen LogP contribution in [-0.2, 0) is 4.74 Å². The first kappa shape index (κ1) is 15.3. The Hall–Kier alpha value is -1.76. The third kappa shape index (κ3) is 5.60. The molecule has 0 radical (unpaired) electrons. The second-order valence-electron chi connectivity index (χ2n) is 3.80. The lowest BCUT2D eigenvalue weighted by molar-refractivity contribution is -0.175. The van der Waals surface area contributed by atoms with Gasteiger partial charge in [0.15, 0.2) is 0 Å². The zero-order valence-electron chi connectivity index (χ0n) is 10.2. The van der Waals surface area contributed by atoms with Crippen LogP contribution in [0, 0.1) is 6.92 Å². The zero-order chi connectivity index (χ0) is 14.5. The lowest BCUT2D eigenvalue weighted by Crippen LogP contribution is -2.19. The van der Waals surface area contributed by atoms with Gasteiger partial charge in [-0.2, -0.15) is 13.2 Å². The maximum atomic E-state index is 11.8. The first-order valence-corrected chi connectivity index (χ1v) is 5.41. The molecule has 0 aliphatic carbocycles. The maximum absolute atomic E-state index is 11.8. The van der Waals surface area contributed by atoms with E-state index in [2.05, 4.69) is 4.74 Å². The molecule has 0 bridgehead atoms. The number of carboxylic acids is 1. The van der Waals surface area contributed by atoms with E-state index in [1.807, 2.05) is 0 Å². The van der Waals surface area contributed by atoms with Gasteiger partial charge in [-0.3, -0.25) is 0 Å². The number of rotatable bonds is 6. The summed E-state index contributed by atoms with van der Waals surface area (Å²) in [6.45, 7) is 0.0677. The minimum absolute atomic E-state index is 0.0526. The van der Waals surface area contributed by atoms with E-state index in [9.17, 15) is 18.0 Å². The molecule has 7 heteroatoms. The highest BCUT2D eigenvalue weighted by Crippen LogP contribution is 2.19. The van der Waals surface area contributed by atoms with E-state index >= 15 is 0 Å². The second kappa shape index (κ2) is 6.42. The van der Waals surface area contributed by atoms with Crippen LogP contribution in [0.4, 0.5) is 13.2 Å². The Labute approximate surface area is 107 Å². The molecule has 0 amide bonds. The summed E-state index contributed by atoms with van der Waals surface area (Å²) in [5, 5.41) is 8.79. The molecule has 0 saturated carbocycles. The molecular weight excluding hydrogens is 265 g/mol. The molecule has 0 saturated heterocycles. The van der Waals surface area contributed by atoms with Crippen molar-refractivity contribution in [2.45, 2.75) is 13.1 Å². The van der Waals surface area contributed by atoms with E-state index in [0.29, 0.717) is 11.3 Å². The Bertz CT molecular complexity index is 443. The Morgan fingerprint density at radius 1 is 1.32 bits per heavy atom. The Morgan fingerprint density at radius 3 is 2.58 bits per heavy atom. The standard InChI is InChI=1S/C12H13F3O4/c1-8-2-3-9(11(16)17)6-10(8)19-5-4-18-7-12(13,14)15/h2-3,6H,4-5,7H2,1H3,(H,16,17). The summed E-state index contributed by atoms with van der Waals surface area (Å²) in [5.41, 5.74) is 0.748. The summed E-state index contributed by atoms with van der Waals surface area (Å²) in [6.07, 6.45) is -4.36. The molecule has 0 fully saturated rings. The van der Waals surface area contributed by atoms with Gasteiger partial charge in [-0.25, -0.2) is 4.79 Å². The number of aryl methyl sites for hydroxylation is 1. The van der Waals surface area contributed by atoms with Crippen molar-refractivity contribution in [3.8, 4) is 5.75 Å². The topological polar surface area (TPSA) is 55.8 Å². The number of carbonyl (C=O) groups is 1. The predicted octanol–water partition coefficient (Wildman–Crippen LogP) is 2.65. The van der Waals surface area contributed by atoms with Crippen molar-refractivity contribution in [1.29, 1.82) is 0 Å². The van der Waals surface area contributed by atoms with Crippen molar-refractivity contribution < 1.29 is 32.5 Å². The summed E-state index contributed by atoms with van der Waals surface area (Å²) >= 11 is 0. The van der Waals surface area contributed by atoms with Crippen molar-refractivity contribution >= 4 is 5.97 Å². The molecule has 0 unspecified atom stereocenters. The van der Waals surface area contributed by atoms with Crippen LogP contribution in [0.15, 0.2) is 18.2 Å². The Balaban J connectivity index is 2.45. The van der Waals surface area contributed by atoms with E-state index < -0.39 is 18.8 Å². The molecule has 1 N–H and O–H groups in total. The third-order valence-electron chi connectivity index (χ3n) is 2.19. The summed E-state index contributed by atoms with van der Waals surface area (Å²) in [5.74, 6) is -0.784. The molecule has 0 aliphatic rings. The second-order valence-corrected chi connectivity index (χ2v) is 3.80. The minimum atomic E-state index is -4.36. The average Bonchev–Trinajstić information content (AvgIpc) is 2.29. The van der Waals surface area contributed by atoms with E-state index in [4.69, 9.17) is 9.84 Å². The molecule has 19 heavy (non-hydrogen) atoms. The van der Waals surface area contributed by atoms with Crippen LogP contribution in [0.3, 0.4) is 0 Å². The third-order valence-corrected chi connectivity index (χ3v) is 2.19. The van der Waals surface area contributed by atoms with Gasteiger partial charge >= 0.3 is 12.1 Å².